The second-order valence-corrected chi connectivity index (χ2v) is 7.17. The van der Waals surface area contributed by atoms with Gasteiger partial charge in [-0.2, -0.15) is 0 Å². The lowest BCUT2D eigenvalue weighted by Crippen LogP contribution is -2.21. The highest BCUT2D eigenvalue weighted by Crippen LogP contribution is 2.47. The maximum absolute atomic E-state index is 3.51. The first-order valence-electron chi connectivity index (χ1n) is 7.59. The topological polar surface area (TPSA) is 3.24 Å². The highest BCUT2D eigenvalue weighted by atomic mass is 79.9. The van der Waals surface area contributed by atoms with E-state index >= 15 is 0 Å². The Morgan fingerprint density at radius 3 is 1.95 bits per heavy atom. The number of fused-ring (bicyclic) bond motifs is 2. The summed E-state index contributed by atoms with van der Waals surface area (Å²) in [5, 5.41) is 1.12. The Morgan fingerprint density at radius 2 is 1.33 bits per heavy atom. The molecule has 0 aliphatic carbocycles. The Bertz CT molecular complexity index is 554. The van der Waals surface area contributed by atoms with Gasteiger partial charge in [-0.15, -0.1) is 0 Å². The lowest BCUT2D eigenvalue weighted by molar-refractivity contribution is 0.670. The summed E-state index contributed by atoms with van der Waals surface area (Å²) in [5.41, 5.74) is 2.73. The molecule has 0 fully saturated rings. The van der Waals surface area contributed by atoms with E-state index in [2.05, 4.69) is 69.4 Å². The van der Waals surface area contributed by atoms with Gasteiger partial charge in [-0.3, -0.25) is 0 Å². The quantitative estimate of drug-likeness (QED) is 0.442. The first-order chi connectivity index (χ1) is 10.4. The largest absolute Gasteiger partial charge is 0.340 e. The minimum atomic E-state index is 1.11. The highest BCUT2D eigenvalue weighted by molar-refractivity contribution is 9.09. The van der Waals surface area contributed by atoms with Crippen molar-refractivity contribution in [3.63, 3.8) is 0 Å². The van der Waals surface area contributed by atoms with Crippen LogP contribution in [0.4, 0.5) is 11.4 Å². The van der Waals surface area contributed by atoms with Crippen molar-refractivity contribution < 1.29 is 0 Å². The molecule has 1 nitrogen and oxygen atoms in total. The van der Waals surface area contributed by atoms with E-state index in [1.807, 2.05) is 11.8 Å². The summed E-state index contributed by atoms with van der Waals surface area (Å²) >= 11 is 5.39. The molecule has 1 aliphatic heterocycles. The number of rotatable bonds is 6. The number of unbranched alkanes of at least 4 members (excludes halogenated alkanes) is 3. The molecule has 1 aliphatic rings. The molecule has 0 N–H and O–H groups in total. The first kappa shape index (κ1) is 15.0. The molecule has 0 spiro atoms. The van der Waals surface area contributed by atoms with Gasteiger partial charge in [-0.05, 0) is 37.1 Å². The maximum atomic E-state index is 3.51. The van der Waals surface area contributed by atoms with Gasteiger partial charge in [0.2, 0.25) is 0 Å². The normalized spacial score (nSPS) is 12.9. The number of hydrogen-bond donors (Lipinski definition) is 0. The molecule has 0 unspecified atom stereocenters. The third-order valence-corrected chi connectivity index (χ3v) is 5.49. The van der Waals surface area contributed by atoms with E-state index in [4.69, 9.17) is 0 Å². The monoisotopic (exact) mass is 361 g/mol. The molecule has 3 heteroatoms. The fourth-order valence-corrected chi connectivity index (χ4v) is 4.23. The minimum absolute atomic E-state index is 1.11. The Balaban J connectivity index is 1.78. The van der Waals surface area contributed by atoms with Crippen LogP contribution in [0.3, 0.4) is 0 Å². The van der Waals surface area contributed by atoms with E-state index < -0.39 is 0 Å². The lowest BCUT2D eigenvalue weighted by Gasteiger charge is -2.32. The molecule has 1 heterocycles. The van der Waals surface area contributed by atoms with Crippen molar-refractivity contribution >= 4 is 39.1 Å². The Kier molecular flexibility index (Phi) is 5.26. The average Bonchev–Trinajstić information content (AvgIpc) is 2.53. The third kappa shape index (κ3) is 3.46. The molecule has 0 radical (unpaired) electrons. The summed E-state index contributed by atoms with van der Waals surface area (Å²) in [4.78, 5) is 5.24. The third-order valence-electron chi connectivity index (χ3n) is 3.80. The Hall–Kier alpha value is -0.930. The minimum Gasteiger partial charge on any atom is -0.340 e. The van der Waals surface area contributed by atoms with Gasteiger partial charge in [-0.25, -0.2) is 0 Å². The fourth-order valence-electron chi connectivity index (χ4n) is 2.74. The van der Waals surface area contributed by atoms with Crippen LogP contribution >= 0.6 is 27.7 Å². The molecule has 0 saturated carbocycles. The number of halogens is 1. The van der Waals surface area contributed by atoms with E-state index in [-0.39, 0.29) is 0 Å². The predicted octanol–water partition coefficient (Wildman–Crippen LogP) is 6.24. The summed E-state index contributed by atoms with van der Waals surface area (Å²) in [6.07, 6.45) is 5.15. The van der Waals surface area contributed by atoms with Crippen molar-refractivity contribution in [3.05, 3.63) is 48.5 Å². The molecule has 3 rings (SSSR count). The van der Waals surface area contributed by atoms with Crippen LogP contribution in [0.5, 0.6) is 0 Å². The van der Waals surface area contributed by atoms with Gasteiger partial charge >= 0.3 is 0 Å². The predicted molar refractivity (Wildman–Crippen MR) is 96.3 cm³/mol. The van der Waals surface area contributed by atoms with Crippen LogP contribution in [0.1, 0.15) is 25.7 Å². The summed E-state index contributed by atoms with van der Waals surface area (Å²) in [5.74, 6) is 0. The van der Waals surface area contributed by atoms with Gasteiger partial charge < -0.3 is 4.90 Å². The zero-order valence-corrected chi connectivity index (χ0v) is 14.5. The summed E-state index contributed by atoms with van der Waals surface area (Å²) in [6.45, 7) is 1.11. The van der Waals surface area contributed by atoms with Gasteiger partial charge in [0, 0.05) is 21.7 Å². The van der Waals surface area contributed by atoms with Gasteiger partial charge in [0.05, 0.1) is 11.4 Å². The van der Waals surface area contributed by atoms with E-state index in [1.54, 1.807) is 0 Å². The fraction of sp³-hybridized carbons (Fsp3) is 0.333. The number of anilines is 2. The molecule has 21 heavy (non-hydrogen) atoms. The average molecular weight is 362 g/mol. The molecule has 110 valence electrons. The SMILES string of the molecule is BrCCCCCCN1c2ccccc2Sc2ccccc21. The van der Waals surface area contributed by atoms with E-state index in [0.717, 1.165) is 11.9 Å². The lowest BCUT2D eigenvalue weighted by atomic mass is 10.1. The molecular formula is C18H20BrNS. The van der Waals surface area contributed by atoms with Crippen LogP contribution in [0.2, 0.25) is 0 Å². The molecule has 0 saturated heterocycles. The number of nitrogens with zero attached hydrogens (tertiary/aromatic N) is 1. The highest BCUT2D eigenvalue weighted by Gasteiger charge is 2.21. The van der Waals surface area contributed by atoms with Crippen LogP contribution < -0.4 is 4.90 Å². The van der Waals surface area contributed by atoms with Crippen LogP contribution in [0.15, 0.2) is 58.3 Å². The summed E-state index contributed by atoms with van der Waals surface area (Å²) in [7, 11) is 0. The number of alkyl halides is 1. The molecule has 2 aromatic carbocycles. The van der Waals surface area contributed by atoms with E-state index in [0.29, 0.717) is 0 Å². The second kappa shape index (κ2) is 7.37. The van der Waals surface area contributed by atoms with E-state index in [1.165, 1.54) is 46.8 Å². The standard InChI is InChI=1S/C18H20BrNS/c19-13-7-1-2-8-14-20-15-9-3-5-11-17(15)21-18-12-6-4-10-16(18)20/h3-6,9-12H,1-2,7-8,13-14H2. The zero-order valence-electron chi connectivity index (χ0n) is 12.1. The molecule has 0 aromatic heterocycles. The van der Waals surface area contributed by atoms with Crippen molar-refractivity contribution in [2.24, 2.45) is 0 Å². The number of hydrogen-bond acceptors (Lipinski definition) is 2. The molecular weight excluding hydrogens is 342 g/mol. The molecule has 0 bridgehead atoms. The van der Waals surface area contributed by atoms with Gasteiger partial charge in [0.1, 0.15) is 0 Å². The first-order valence-corrected chi connectivity index (χ1v) is 9.53. The summed E-state index contributed by atoms with van der Waals surface area (Å²) in [6, 6.07) is 17.5. The van der Waals surface area contributed by atoms with Gasteiger partial charge in [-0.1, -0.05) is 64.8 Å². The summed E-state index contributed by atoms with van der Waals surface area (Å²) < 4.78 is 0. The van der Waals surface area contributed by atoms with Crippen LogP contribution in [0.25, 0.3) is 0 Å². The molecule has 0 amide bonds. The Morgan fingerprint density at radius 1 is 0.762 bits per heavy atom. The van der Waals surface area contributed by atoms with Crippen LogP contribution in [0, 0.1) is 0 Å². The van der Waals surface area contributed by atoms with Gasteiger partial charge in [0.15, 0.2) is 0 Å². The zero-order chi connectivity index (χ0) is 14.5. The van der Waals surface area contributed by atoms with E-state index in [9.17, 15) is 0 Å². The smallest absolute Gasteiger partial charge is 0.0552 e. The molecule has 2 aromatic rings. The maximum Gasteiger partial charge on any atom is 0.0552 e. The van der Waals surface area contributed by atoms with Crippen molar-refractivity contribution in [1.82, 2.24) is 0 Å². The van der Waals surface area contributed by atoms with Gasteiger partial charge in [0.25, 0.3) is 0 Å². The number of para-hydroxylation sites is 2. The molecule has 0 atom stereocenters. The van der Waals surface area contributed by atoms with Crippen molar-refractivity contribution in [2.75, 3.05) is 16.8 Å². The van der Waals surface area contributed by atoms with Crippen molar-refractivity contribution in [1.29, 1.82) is 0 Å². The van der Waals surface area contributed by atoms with Crippen LogP contribution in [-0.4, -0.2) is 11.9 Å². The van der Waals surface area contributed by atoms with Crippen molar-refractivity contribution in [3.8, 4) is 0 Å². The van der Waals surface area contributed by atoms with Crippen LogP contribution in [-0.2, 0) is 0 Å². The Labute approximate surface area is 139 Å². The number of benzene rings is 2. The second-order valence-electron chi connectivity index (χ2n) is 5.29. The van der Waals surface area contributed by atoms with Crippen molar-refractivity contribution in [2.45, 2.75) is 35.5 Å².